The van der Waals surface area contributed by atoms with E-state index in [1.165, 1.54) is 24.8 Å². The molecule has 1 aliphatic carbocycles. The number of hydrogen-bond acceptors (Lipinski definition) is 8. The van der Waals surface area contributed by atoms with Crippen LogP contribution < -0.4 is 20.5 Å². The van der Waals surface area contributed by atoms with Gasteiger partial charge in [0, 0.05) is 51.7 Å². The Morgan fingerprint density at radius 1 is 0.980 bits per heavy atom. The Kier molecular flexibility index (Phi) is 12.8. The highest BCUT2D eigenvalue weighted by atomic mass is 19.4. The van der Waals surface area contributed by atoms with Crippen molar-refractivity contribution in [2.75, 3.05) is 71.2 Å². The summed E-state index contributed by atoms with van der Waals surface area (Å²) in [5.74, 6) is -0.615. The summed E-state index contributed by atoms with van der Waals surface area (Å²) >= 11 is 0. The van der Waals surface area contributed by atoms with Gasteiger partial charge in [0.2, 0.25) is 5.75 Å². The number of nitrogens with zero attached hydrogens (tertiary/aromatic N) is 3. The summed E-state index contributed by atoms with van der Waals surface area (Å²) in [6.45, 7) is 8.09. The van der Waals surface area contributed by atoms with Gasteiger partial charge in [-0.05, 0) is 73.2 Å². The van der Waals surface area contributed by atoms with Crippen molar-refractivity contribution in [1.29, 1.82) is 0 Å². The normalized spacial score (nSPS) is 16.5. The number of ether oxygens (including phenoxy) is 4. The summed E-state index contributed by atoms with van der Waals surface area (Å²) in [7, 11) is 2.99. The van der Waals surface area contributed by atoms with Crippen molar-refractivity contribution < 1.29 is 41.3 Å². The molecule has 1 saturated carbocycles. The highest BCUT2D eigenvalue weighted by Gasteiger charge is 2.36. The van der Waals surface area contributed by atoms with E-state index >= 15 is 4.39 Å². The van der Waals surface area contributed by atoms with Crippen molar-refractivity contribution in [1.82, 2.24) is 14.8 Å². The topological polar surface area (TPSA) is 94.5 Å². The number of halogens is 4. The minimum atomic E-state index is -4.65. The zero-order valence-electron chi connectivity index (χ0n) is 29.1. The van der Waals surface area contributed by atoms with E-state index in [0.29, 0.717) is 51.6 Å². The molecule has 2 saturated heterocycles. The first-order valence-corrected chi connectivity index (χ1v) is 16.9. The zero-order valence-corrected chi connectivity index (χ0v) is 29.1. The number of carbonyl (C=O) groups excluding carboxylic acids is 1. The molecule has 0 radical (unpaired) electrons. The Hall–Kier alpha value is -4.40. The van der Waals surface area contributed by atoms with Crippen molar-refractivity contribution in [2.24, 2.45) is 7.05 Å². The molecule has 2 aliphatic heterocycles. The zero-order chi connectivity index (χ0) is 36.5. The molecule has 1 aromatic heterocycles. The number of anilines is 1. The molecule has 0 spiro atoms. The van der Waals surface area contributed by atoms with Crippen molar-refractivity contribution in [3.05, 3.63) is 98.4 Å². The molecule has 0 unspecified atom stereocenters. The molecule has 0 atom stereocenters. The molecule has 3 aromatic rings. The second kappa shape index (κ2) is 17.2. The van der Waals surface area contributed by atoms with E-state index in [1.807, 2.05) is 6.07 Å². The maximum absolute atomic E-state index is 15.3. The van der Waals surface area contributed by atoms with Gasteiger partial charge in [0.05, 0.1) is 45.6 Å². The molecule has 1 N–H and O–H groups in total. The van der Waals surface area contributed by atoms with Gasteiger partial charge in [-0.15, -0.1) is 0 Å². The SMILES string of the molecule is COC(CNC(=O)c1c(F)cc(N2CCOCC2)cc1CN1CCOCC1)=C1CCC1.Cc1cccc(Oc2c(C(F)(F)F)ccn(C)c2=O)c1. The van der Waals surface area contributed by atoms with E-state index in [4.69, 9.17) is 18.9 Å². The molecule has 14 heteroatoms. The Balaban J connectivity index is 0.000000218. The predicted octanol–water partition coefficient (Wildman–Crippen LogP) is 5.81. The highest BCUT2D eigenvalue weighted by molar-refractivity contribution is 5.96. The summed E-state index contributed by atoms with van der Waals surface area (Å²) in [4.78, 5) is 29.2. The average molecular weight is 717 g/mol. The number of alkyl halides is 3. The van der Waals surface area contributed by atoms with Crippen molar-refractivity contribution in [3.63, 3.8) is 0 Å². The van der Waals surface area contributed by atoms with Gasteiger partial charge >= 0.3 is 6.18 Å². The van der Waals surface area contributed by atoms with Crippen LogP contribution in [0.4, 0.5) is 23.2 Å². The van der Waals surface area contributed by atoms with Gasteiger partial charge in [-0.25, -0.2) is 4.39 Å². The maximum Gasteiger partial charge on any atom is 0.420 e. The summed E-state index contributed by atoms with van der Waals surface area (Å²) in [6, 6.07) is 10.7. The third kappa shape index (κ3) is 9.89. The Bertz CT molecular complexity index is 1760. The largest absolute Gasteiger partial charge is 0.499 e. The van der Waals surface area contributed by atoms with E-state index in [0.717, 1.165) is 66.2 Å². The molecule has 3 aliphatic rings. The number of benzene rings is 2. The average Bonchev–Trinajstić information content (AvgIpc) is 3.08. The van der Waals surface area contributed by atoms with Crippen molar-refractivity contribution in [3.8, 4) is 11.5 Å². The van der Waals surface area contributed by atoms with Crippen LogP contribution in [-0.2, 0) is 34.0 Å². The molecular formula is C37H44F4N4O6. The number of allylic oxidation sites excluding steroid dienone is 1. The number of methoxy groups -OCH3 is 1. The van der Waals surface area contributed by atoms with Crippen LogP contribution >= 0.6 is 0 Å². The lowest BCUT2D eigenvalue weighted by atomic mass is 9.91. The monoisotopic (exact) mass is 716 g/mol. The lowest BCUT2D eigenvalue weighted by Gasteiger charge is -2.31. The Morgan fingerprint density at radius 3 is 2.27 bits per heavy atom. The standard InChI is InChI=1S/C23H32FN3O4.C14H12F3NO2/c1-29-21(17-3-2-4-17)15-25-23(28)22-18(16-26-5-9-30-10-6-26)13-19(14-20(22)24)27-7-11-31-12-8-27;1-9-4-3-5-10(8-9)20-12-11(14(15,16)17)6-7-18(2)13(12)19/h13-14H,2-12,15-16H2,1H3,(H,25,28);3-8H,1-2H3. The van der Waals surface area contributed by atoms with Crippen LogP contribution in [0.2, 0.25) is 0 Å². The number of hydrogen-bond donors (Lipinski definition) is 1. The van der Waals surface area contributed by atoms with Gasteiger partial charge < -0.3 is 33.7 Å². The van der Waals surface area contributed by atoms with Gasteiger partial charge in [0.1, 0.15) is 22.9 Å². The molecule has 3 fully saturated rings. The van der Waals surface area contributed by atoms with E-state index < -0.39 is 34.8 Å². The van der Waals surface area contributed by atoms with Gasteiger partial charge in [-0.2, -0.15) is 13.2 Å². The summed E-state index contributed by atoms with van der Waals surface area (Å²) < 4.78 is 76.6. The molecule has 1 amide bonds. The van der Waals surface area contributed by atoms with Crippen molar-refractivity contribution >= 4 is 11.6 Å². The molecule has 0 bridgehead atoms. The third-order valence-electron chi connectivity index (χ3n) is 9.00. The van der Waals surface area contributed by atoms with E-state index in [1.54, 1.807) is 32.2 Å². The Morgan fingerprint density at radius 2 is 1.67 bits per heavy atom. The molecule has 6 rings (SSSR count). The molecule has 2 aromatic carbocycles. The van der Waals surface area contributed by atoms with E-state index in [9.17, 15) is 22.8 Å². The lowest BCUT2D eigenvalue weighted by Crippen LogP contribution is -2.38. The van der Waals surface area contributed by atoms with Crippen LogP contribution in [0, 0.1) is 12.7 Å². The Labute approximate surface area is 294 Å². The highest BCUT2D eigenvalue weighted by Crippen LogP contribution is 2.36. The van der Waals surface area contributed by atoms with Gasteiger partial charge in [-0.3, -0.25) is 14.5 Å². The van der Waals surface area contributed by atoms with Gasteiger partial charge in [0.25, 0.3) is 11.5 Å². The fourth-order valence-electron chi connectivity index (χ4n) is 5.98. The summed E-state index contributed by atoms with van der Waals surface area (Å²) in [5.41, 5.74) is 1.77. The second-order valence-corrected chi connectivity index (χ2v) is 12.6. The van der Waals surface area contributed by atoms with Crippen LogP contribution in [0.15, 0.2) is 64.8 Å². The minimum absolute atomic E-state index is 0.123. The van der Waals surface area contributed by atoms with Crippen LogP contribution in [0.1, 0.15) is 46.3 Å². The first kappa shape index (κ1) is 37.8. The first-order chi connectivity index (χ1) is 24.4. The second-order valence-electron chi connectivity index (χ2n) is 12.6. The van der Waals surface area contributed by atoms with Crippen LogP contribution in [0.25, 0.3) is 0 Å². The van der Waals surface area contributed by atoms with Crippen LogP contribution in [-0.4, -0.2) is 81.6 Å². The number of aromatic nitrogens is 1. The number of pyridine rings is 1. The van der Waals surface area contributed by atoms with Crippen molar-refractivity contribution in [2.45, 2.75) is 38.9 Å². The number of carbonyl (C=O) groups is 1. The fraction of sp³-hybridized carbons (Fsp3) is 0.459. The number of morpholine rings is 2. The number of aryl methyl sites for hydroxylation is 2. The van der Waals surface area contributed by atoms with E-state index in [-0.39, 0.29) is 17.9 Å². The number of nitrogens with one attached hydrogen (secondary N) is 1. The smallest absolute Gasteiger partial charge is 0.420 e. The summed E-state index contributed by atoms with van der Waals surface area (Å²) in [5, 5.41) is 2.88. The lowest BCUT2D eigenvalue weighted by molar-refractivity contribution is -0.138. The molecular weight excluding hydrogens is 672 g/mol. The predicted molar refractivity (Wildman–Crippen MR) is 184 cm³/mol. The molecule has 10 nitrogen and oxygen atoms in total. The fourth-order valence-corrected chi connectivity index (χ4v) is 5.98. The quantitative estimate of drug-likeness (QED) is 0.219. The molecule has 3 heterocycles. The number of amides is 1. The molecule has 276 valence electrons. The van der Waals surface area contributed by atoms with Gasteiger partial charge in [-0.1, -0.05) is 12.1 Å². The first-order valence-electron chi connectivity index (χ1n) is 16.9. The van der Waals surface area contributed by atoms with Crippen LogP contribution in [0.3, 0.4) is 0 Å². The third-order valence-corrected chi connectivity index (χ3v) is 9.00. The number of rotatable bonds is 9. The summed E-state index contributed by atoms with van der Waals surface area (Å²) in [6.07, 6.45) is -0.424. The van der Waals surface area contributed by atoms with Gasteiger partial charge in [0.15, 0.2) is 0 Å². The molecule has 51 heavy (non-hydrogen) atoms. The maximum atomic E-state index is 15.3. The van der Waals surface area contributed by atoms with E-state index in [2.05, 4.69) is 15.1 Å². The minimum Gasteiger partial charge on any atom is -0.499 e. The van der Waals surface area contributed by atoms with Crippen LogP contribution in [0.5, 0.6) is 11.5 Å².